The summed E-state index contributed by atoms with van der Waals surface area (Å²) < 4.78 is 11.4. The average molecular weight is 346 g/mol. The maximum atomic E-state index is 12.6. The third-order valence-electron chi connectivity index (χ3n) is 4.89. The van der Waals surface area contributed by atoms with Gasteiger partial charge in [-0.05, 0) is 30.5 Å². The van der Waals surface area contributed by atoms with Crippen molar-refractivity contribution in [2.24, 2.45) is 5.92 Å². The lowest BCUT2D eigenvalue weighted by Crippen LogP contribution is -2.40. The first-order valence-corrected chi connectivity index (χ1v) is 9.37. The van der Waals surface area contributed by atoms with Crippen LogP contribution in [0.2, 0.25) is 0 Å². The molecule has 0 unspecified atom stereocenters. The zero-order valence-corrected chi connectivity index (χ0v) is 15.7. The molecule has 3 rings (SSSR count). The second kappa shape index (κ2) is 8.19. The summed E-state index contributed by atoms with van der Waals surface area (Å²) in [5.41, 5.74) is 2.39. The molecule has 5 nitrogen and oxygen atoms in total. The van der Waals surface area contributed by atoms with E-state index in [4.69, 9.17) is 9.47 Å². The van der Waals surface area contributed by atoms with Crippen LogP contribution in [0.1, 0.15) is 38.3 Å². The lowest BCUT2D eigenvalue weighted by Gasteiger charge is -2.28. The molecule has 0 spiro atoms. The molecule has 0 aliphatic carbocycles. The summed E-state index contributed by atoms with van der Waals surface area (Å²) in [5.74, 6) is 1.51. The van der Waals surface area contributed by atoms with E-state index in [0.29, 0.717) is 25.5 Å². The summed E-state index contributed by atoms with van der Waals surface area (Å²) in [4.78, 5) is 17.0. The van der Waals surface area contributed by atoms with Crippen LogP contribution in [-0.4, -0.2) is 54.7 Å². The monoisotopic (exact) mass is 346 g/mol. The SMILES string of the molecule is CC(C)CC(=O)N1Cc2cc(CN3CCOCC3)ccc2OC[C@@H]1C. The number of nitrogens with zero attached hydrogens (tertiary/aromatic N) is 2. The molecule has 0 aromatic heterocycles. The largest absolute Gasteiger partial charge is 0.491 e. The van der Waals surface area contributed by atoms with Gasteiger partial charge >= 0.3 is 0 Å². The van der Waals surface area contributed by atoms with Crippen LogP contribution in [0.25, 0.3) is 0 Å². The Bertz CT molecular complexity index is 597. The summed E-state index contributed by atoms with van der Waals surface area (Å²) in [6, 6.07) is 6.51. The molecule has 0 saturated carbocycles. The summed E-state index contributed by atoms with van der Waals surface area (Å²) >= 11 is 0. The van der Waals surface area contributed by atoms with Gasteiger partial charge in [-0.2, -0.15) is 0 Å². The first-order valence-electron chi connectivity index (χ1n) is 9.37. The Morgan fingerprint density at radius 2 is 2.04 bits per heavy atom. The minimum Gasteiger partial charge on any atom is -0.491 e. The smallest absolute Gasteiger partial charge is 0.223 e. The molecule has 2 aliphatic rings. The van der Waals surface area contributed by atoms with Crippen LogP contribution >= 0.6 is 0 Å². The van der Waals surface area contributed by atoms with Crippen LogP contribution in [0.5, 0.6) is 5.75 Å². The van der Waals surface area contributed by atoms with Gasteiger partial charge in [-0.25, -0.2) is 0 Å². The fourth-order valence-electron chi connectivity index (χ4n) is 3.45. The van der Waals surface area contributed by atoms with Crippen molar-refractivity contribution in [2.45, 2.75) is 46.3 Å². The van der Waals surface area contributed by atoms with Gasteiger partial charge in [-0.15, -0.1) is 0 Å². The van der Waals surface area contributed by atoms with E-state index in [1.807, 2.05) is 4.90 Å². The predicted octanol–water partition coefficient (Wildman–Crippen LogP) is 2.67. The minimum atomic E-state index is 0.0985. The molecule has 5 heteroatoms. The van der Waals surface area contributed by atoms with E-state index in [0.717, 1.165) is 44.2 Å². The number of carbonyl (C=O) groups excluding carboxylic acids is 1. The lowest BCUT2D eigenvalue weighted by atomic mass is 10.1. The fraction of sp³-hybridized carbons (Fsp3) is 0.650. The first-order chi connectivity index (χ1) is 12.0. The molecule has 1 saturated heterocycles. The summed E-state index contributed by atoms with van der Waals surface area (Å²) in [5, 5.41) is 0. The second-order valence-electron chi connectivity index (χ2n) is 7.61. The number of fused-ring (bicyclic) bond motifs is 1. The molecular weight excluding hydrogens is 316 g/mol. The Kier molecular flexibility index (Phi) is 5.97. The van der Waals surface area contributed by atoms with Crippen molar-refractivity contribution < 1.29 is 14.3 Å². The minimum absolute atomic E-state index is 0.0985. The Morgan fingerprint density at radius 3 is 2.76 bits per heavy atom. The number of carbonyl (C=O) groups is 1. The molecule has 1 aromatic rings. The number of amides is 1. The number of hydrogen-bond acceptors (Lipinski definition) is 4. The van der Waals surface area contributed by atoms with Crippen molar-refractivity contribution >= 4 is 5.91 Å². The number of hydrogen-bond donors (Lipinski definition) is 0. The van der Waals surface area contributed by atoms with Crippen LogP contribution in [0.3, 0.4) is 0 Å². The van der Waals surface area contributed by atoms with Gasteiger partial charge in [-0.1, -0.05) is 19.9 Å². The third kappa shape index (κ3) is 4.73. The summed E-state index contributed by atoms with van der Waals surface area (Å²) in [7, 11) is 0. The number of morpholine rings is 1. The quantitative estimate of drug-likeness (QED) is 0.841. The van der Waals surface area contributed by atoms with Crippen molar-refractivity contribution in [2.75, 3.05) is 32.9 Å². The number of rotatable bonds is 4. The third-order valence-corrected chi connectivity index (χ3v) is 4.89. The highest BCUT2D eigenvalue weighted by atomic mass is 16.5. The van der Waals surface area contributed by atoms with Crippen LogP contribution in [0.15, 0.2) is 18.2 Å². The maximum absolute atomic E-state index is 12.6. The zero-order valence-electron chi connectivity index (χ0n) is 15.7. The van der Waals surface area contributed by atoms with Crippen LogP contribution in [-0.2, 0) is 22.6 Å². The van der Waals surface area contributed by atoms with Crippen LogP contribution in [0, 0.1) is 5.92 Å². The van der Waals surface area contributed by atoms with E-state index in [1.165, 1.54) is 5.56 Å². The van der Waals surface area contributed by atoms with Gasteiger partial charge in [0.25, 0.3) is 0 Å². The standard InChI is InChI=1S/C20H30N2O3/c1-15(2)10-20(23)22-13-18-11-17(12-21-6-8-24-9-7-21)4-5-19(18)25-14-16(22)3/h4-5,11,15-16H,6-10,12-14H2,1-3H3/t16-/m0/s1. The predicted molar refractivity (Wildman–Crippen MR) is 97.5 cm³/mol. The Labute approximate surface area is 150 Å². The number of ether oxygens (including phenoxy) is 2. The van der Waals surface area contributed by atoms with Crippen molar-refractivity contribution in [3.05, 3.63) is 29.3 Å². The molecule has 2 heterocycles. The Balaban J connectivity index is 1.74. The van der Waals surface area contributed by atoms with Gasteiger partial charge < -0.3 is 14.4 Å². The van der Waals surface area contributed by atoms with E-state index in [-0.39, 0.29) is 11.9 Å². The van der Waals surface area contributed by atoms with Crippen LogP contribution in [0.4, 0.5) is 0 Å². The van der Waals surface area contributed by atoms with Gasteiger partial charge in [0.15, 0.2) is 0 Å². The molecule has 0 N–H and O–H groups in total. The molecule has 0 bridgehead atoms. The molecule has 0 radical (unpaired) electrons. The van der Waals surface area contributed by atoms with E-state index in [1.54, 1.807) is 0 Å². The molecule has 138 valence electrons. The summed E-state index contributed by atoms with van der Waals surface area (Å²) in [6.07, 6.45) is 0.590. The lowest BCUT2D eigenvalue weighted by molar-refractivity contribution is -0.135. The molecule has 25 heavy (non-hydrogen) atoms. The topological polar surface area (TPSA) is 42.0 Å². The van der Waals surface area contributed by atoms with Crippen molar-refractivity contribution in [1.29, 1.82) is 0 Å². The van der Waals surface area contributed by atoms with Crippen LogP contribution < -0.4 is 4.74 Å². The Morgan fingerprint density at radius 1 is 1.28 bits per heavy atom. The molecule has 1 fully saturated rings. The maximum Gasteiger partial charge on any atom is 0.223 e. The molecule has 1 amide bonds. The van der Waals surface area contributed by atoms with E-state index in [9.17, 15) is 4.79 Å². The second-order valence-corrected chi connectivity index (χ2v) is 7.61. The molecule has 1 atom stereocenters. The van der Waals surface area contributed by atoms with Crippen molar-refractivity contribution in [3.8, 4) is 5.75 Å². The molecular formula is C20H30N2O3. The van der Waals surface area contributed by atoms with Gasteiger partial charge in [0.05, 0.1) is 19.3 Å². The first kappa shape index (κ1) is 18.2. The summed E-state index contributed by atoms with van der Waals surface area (Å²) in [6.45, 7) is 11.9. The van der Waals surface area contributed by atoms with E-state index < -0.39 is 0 Å². The molecule has 2 aliphatic heterocycles. The average Bonchev–Trinajstić information content (AvgIpc) is 2.74. The van der Waals surface area contributed by atoms with Gasteiger partial charge in [-0.3, -0.25) is 9.69 Å². The zero-order chi connectivity index (χ0) is 17.8. The van der Waals surface area contributed by atoms with Gasteiger partial charge in [0.2, 0.25) is 5.91 Å². The highest BCUT2D eigenvalue weighted by molar-refractivity contribution is 5.77. The number of benzene rings is 1. The normalized spacial score (nSPS) is 21.6. The van der Waals surface area contributed by atoms with Crippen molar-refractivity contribution in [1.82, 2.24) is 9.80 Å². The fourth-order valence-corrected chi connectivity index (χ4v) is 3.45. The highest BCUT2D eigenvalue weighted by Crippen LogP contribution is 2.27. The van der Waals surface area contributed by atoms with E-state index in [2.05, 4.69) is 43.9 Å². The van der Waals surface area contributed by atoms with Gasteiger partial charge in [0.1, 0.15) is 12.4 Å². The molecule has 1 aromatic carbocycles. The van der Waals surface area contributed by atoms with Gasteiger partial charge in [0, 0.05) is 38.2 Å². The Hall–Kier alpha value is -1.59. The highest BCUT2D eigenvalue weighted by Gasteiger charge is 2.26. The van der Waals surface area contributed by atoms with E-state index >= 15 is 0 Å². The van der Waals surface area contributed by atoms with Crippen molar-refractivity contribution in [3.63, 3.8) is 0 Å².